The van der Waals surface area contributed by atoms with E-state index in [1.54, 1.807) is 29.3 Å². The molecule has 1 aliphatic heterocycles. The topological polar surface area (TPSA) is 57.5 Å². The third kappa shape index (κ3) is 3.82. The molecule has 2 unspecified atom stereocenters. The lowest BCUT2D eigenvalue weighted by molar-refractivity contribution is 0.245. The number of allylic oxidation sites excluding steroid dienone is 1. The summed E-state index contributed by atoms with van der Waals surface area (Å²) in [6.45, 7) is 0.0593. The molecule has 126 valence electrons. The van der Waals surface area contributed by atoms with Gasteiger partial charge >= 0.3 is 0 Å². The summed E-state index contributed by atoms with van der Waals surface area (Å²) >= 11 is 3.30. The molecule has 0 amide bonds. The van der Waals surface area contributed by atoms with Crippen LogP contribution in [0, 0.1) is 0 Å². The van der Waals surface area contributed by atoms with Crippen LogP contribution in [0.3, 0.4) is 0 Å². The molecule has 0 saturated carbocycles. The van der Waals surface area contributed by atoms with E-state index in [9.17, 15) is 5.11 Å². The van der Waals surface area contributed by atoms with Crippen molar-refractivity contribution in [1.82, 2.24) is 10.3 Å². The maximum Gasteiger partial charge on any atom is 0.152 e. The summed E-state index contributed by atoms with van der Waals surface area (Å²) < 4.78 is 0. The average Bonchev–Trinajstić information content (AvgIpc) is 3.31. The van der Waals surface area contributed by atoms with E-state index in [-0.39, 0.29) is 18.1 Å². The van der Waals surface area contributed by atoms with E-state index in [4.69, 9.17) is 0 Å². The van der Waals surface area contributed by atoms with Gasteiger partial charge in [-0.25, -0.2) is 0 Å². The van der Waals surface area contributed by atoms with Gasteiger partial charge in [0.2, 0.25) is 0 Å². The highest BCUT2D eigenvalue weighted by Gasteiger charge is 2.21. The van der Waals surface area contributed by atoms with Gasteiger partial charge in [-0.15, -0.1) is 11.3 Å². The molecule has 0 fully saturated rings. The number of nitrogens with one attached hydrogen (secondary N) is 1. The first-order valence-electron chi connectivity index (χ1n) is 7.98. The molecule has 1 aromatic carbocycles. The van der Waals surface area contributed by atoms with E-state index in [0.717, 1.165) is 26.2 Å². The van der Waals surface area contributed by atoms with Crippen molar-refractivity contribution >= 4 is 46.3 Å². The summed E-state index contributed by atoms with van der Waals surface area (Å²) in [7, 11) is 0. The van der Waals surface area contributed by atoms with Crippen LogP contribution in [-0.2, 0) is 0 Å². The summed E-state index contributed by atoms with van der Waals surface area (Å²) in [4.78, 5) is 11.1. The Morgan fingerprint density at radius 3 is 3.04 bits per heavy atom. The number of benzene rings is 1. The minimum absolute atomic E-state index is 0.0593. The van der Waals surface area contributed by atoms with Crippen LogP contribution >= 0.6 is 23.1 Å². The van der Waals surface area contributed by atoms with Crippen molar-refractivity contribution in [3.63, 3.8) is 0 Å². The van der Waals surface area contributed by atoms with Gasteiger partial charge in [-0.05, 0) is 41.3 Å². The minimum Gasteiger partial charge on any atom is -0.394 e. The highest BCUT2D eigenvalue weighted by Crippen LogP contribution is 2.30. The summed E-state index contributed by atoms with van der Waals surface area (Å²) in [5, 5.41) is 16.2. The minimum atomic E-state index is -0.0826. The Balaban J connectivity index is 1.46. The molecule has 1 aliphatic rings. The summed E-state index contributed by atoms with van der Waals surface area (Å²) in [5.74, 6) is 0. The van der Waals surface area contributed by atoms with Crippen LogP contribution in [-0.4, -0.2) is 28.4 Å². The fraction of sp³-hybridized carbons (Fsp3) is 0.158. The Bertz CT molecular complexity index is 921. The number of thioether (sulfide) groups is 1. The molecule has 0 aliphatic carbocycles. The molecule has 0 saturated heterocycles. The Hall–Kier alpha value is -1.99. The van der Waals surface area contributed by atoms with Crippen molar-refractivity contribution in [2.45, 2.75) is 11.5 Å². The van der Waals surface area contributed by atoms with Crippen LogP contribution in [0.15, 0.2) is 63.9 Å². The fourth-order valence-corrected chi connectivity index (χ4v) is 4.43. The number of pyridine rings is 1. The molecule has 0 spiro atoms. The van der Waals surface area contributed by atoms with E-state index in [1.165, 1.54) is 0 Å². The lowest BCUT2D eigenvalue weighted by Gasteiger charge is -2.17. The van der Waals surface area contributed by atoms with E-state index < -0.39 is 0 Å². The number of aliphatic imine (C=N–C) groups is 1. The smallest absolute Gasteiger partial charge is 0.152 e. The molecule has 0 bridgehead atoms. The van der Waals surface area contributed by atoms with Gasteiger partial charge in [-0.3, -0.25) is 15.3 Å². The number of hydrogen-bond donors (Lipinski definition) is 2. The van der Waals surface area contributed by atoms with Crippen molar-refractivity contribution in [2.75, 3.05) is 6.61 Å². The fourth-order valence-electron chi connectivity index (χ4n) is 2.71. The third-order valence-corrected chi connectivity index (χ3v) is 5.90. The molecule has 2 N–H and O–H groups in total. The predicted molar refractivity (Wildman–Crippen MR) is 107 cm³/mol. The summed E-state index contributed by atoms with van der Waals surface area (Å²) in [5.41, 5.74) is 2.05. The van der Waals surface area contributed by atoms with Gasteiger partial charge in [-0.1, -0.05) is 30.0 Å². The van der Waals surface area contributed by atoms with Crippen LogP contribution in [0.4, 0.5) is 0 Å². The third-order valence-electron chi connectivity index (χ3n) is 3.93. The molecule has 3 aromatic rings. The van der Waals surface area contributed by atoms with Crippen LogP contribution in [0.5, 0.6) is 0 Å². The molecule has 6 heteroatoms. The first kappa shape index (κ1) is 16.5. The monoisotopic (exact) mass is 367 g/mol. The largest absolute Gasteiger partial charge is 0.394 e. The maximum atomic E-state index is 9.62. The number of thiophene rings is 1. The second kappa shape index (κ2) is 7.49. The van der Waals surface area contributed by atoms with Crippen LogP contribution in [0.1, 0.15) is 16.5 Å². The lowest BCUT2D eigenvalue weighted by atomic mass is 10.1. The van der Waals surface area contributed by atoms with Crippen molar-refractivity contribution in [2.24, 2.45) is 4.99 Å². The van der Waals surface area contributed by atoms with Gasteiger partial charge in [0.1, 0.15) is 0 Å². The number of rotatable bonds is 5. The van der Waals surface area contributed by atoms with Crippen LogP contribution in [0.2, 0.25) is 0 Å². The average molecular weight is 367 g/mol. The highest BCUT2D eigenvalue weighted by molar-refractivity contribution is 8.04. The number of hydrogen-bond acceptors (Lipinski definition) is 6. The van der Waals surface area contributed by atoms with Crippen LogP contribution in [0.25, 0.3) is 17.0 Å². The van der Waals surface area contributed by atoms with Crippen molar-refractivity contribution in [3.8, 4) is 0 Å². The normalized spacial score (nSPS) is 19.7. The quantitative estimate of drug-likeness (QED) is 0.714. The molecule has 2 aromatic heterocycles. The van der Waals surface area contributed by atoms with Crippen LogP contribution < -0.4 is 5.32 Å². The van der Waals surface area contributed by atoms with Crippen molar-refractivity contribution in [3.05, 3.63) is 69.4 Å². The molecule has 0 radical (unpaired) electrons. The molecule has 4 rings (SSSR count). The van der Waals surface area contributed by atoms with E-state index in [2.05, 4.69) is 39.6 Å². The lowest BCUT2D eigenvalue weighted by Crippen LogP contribution is -2.29. The number of aliphatic hydroxyl groups is 1. The predicted octanol–water partition coefficient (Wildman–Crippen LogP) is 4.06. The second-order valence-electron chi connectivity index (χ2n) is 5.67. The SMILES string of the molecule is OCC(NC1N=C/C(=C/c2ccc3ncccc3c2)S1)c1cccs1. The molecule has 3 heterocycles. The Morgan fingerprint density at radius 1 is 1.24 bits per heavy atom. The van der Waals surface area contributed by atoms with Gasteiger partial charge < -0.3 is 5.11 Å². The Kier molecular flexibility index (Phi) is 4.94. The molecular formula is C19H17N3OS2. The zero-order valence-electron chi connectivity index (χ0n) is 13.4. The van der Waals surface area contributed by atoms with Gasteiger partial charge in [0, 0.05) is 27.6 Å². The molecule has 4 nitrogen and oxygen atoms in total. The maximum absolute atomic E-state index is 9.62. The molecule has 2 atom stereocenters. The Labute approximate surface area is 154 Å². The van der Waals surface area contributed by atoms with Crippen molar-refractivity contribution in [1.29, 1.82) is 0 Å². The first-order valence-corrected chi connectivity index (χ1v) is 9.74. The molecular weight excluding hydrogens is 350 g/mol. The van der Waals surface area contributed by atoms with Gasteiger partial charge in [-0.2, -0.15) is 0 Å². The number of aromatic nitrogens is 1. The highest BCUT2D eigenvalue weighted by atomic mass is 32.2. The summed E-state index contributed by atoms with van der Waals surface area (Å²) in [6.07, 6.45) is 5.82. The van der Waals surface area contributed by atoms with Gasteiger partial charge in [0.15, 0.2) is 5.50 Å². The zero-order chi connectivity index (χ0) is 17.1. The van der Waals surface area contributed by atoms with E-state index in [0.29, 0.717) is 0 Å². The van der Waals surface area contributed by atoms with Crippen molar-refractivity contribution < 1.29 is 5.11 Å². The summed E-state index contributed by atoms with van der Waals surface area (Å²) in [6, 6.07) is 14.2. The van der Waals surface area contributed by atoms with Gasteiger partial charge in [0.25, 0.3) is 0 Å². The Morgan fingerprint density at radius 2 is 2.20 bits per heavy atom. The zero-order valence-corrected chi connectivity index (χ0v) is 15.0. The first-order chi connectivity index (χ1) is 12.3. The number of fused-ring (bicyclic) bond motifs is 1. The van der Waals surface area contributed by atoms with Gasteiger partial charge in [0.05, 0.1) is 18.2 Å². The molecule has 25 heavy (non-hydrogen) atoms. The second-order valence-corrected chi connectivity index (χ2v) is 7.80. The van der Waals surface area contributed by atoms with E-state index >= 15 is 0 Å². The standard InChI is InChI=1S/C19H17N3OS2/c23-12-17(18-4-2-8-24-18)22-19-21-11-15(25-19)10-13-5-6-16-14(9-13)3-1-7-20-16/h1-11,17,19,22-23H,12H2/b15-10-. The van der Waals surface area contributed by atoms with E-state index in [1.807, 2.05) is 35.9 Å². The number of aliphatic hydroxyl groups excluding tert-OH is 1. The number of nitrogens with zero attached hydrogens (tertiary/aromatic N) is 2.